The fourth-order valence-corrected chi connectivity index (χ4v) is 2.81. The van der Waals surface area contributed by atoms with Gasteiger partial charge >= 0.3 is 18.1 Å². The molecule has 0 radical (unpaired) electrons. The van der Waals surface area contributed by atoms with Crippen molar-refractivity contribution in [1.82, 2.24) is 4.98 Å². The van der Waals surface area contributed by atoms with Crippen LogP contribution in [0.25, 0.3) is 11.1 Å². The molecule has 7 nitrogen and oxygen atoms in total. The van der Waals surface area contributed by atoms with Crippen LogP contribution in [0, 0.1) is 3.57 Å². The van der Waals surface area contributed by atoms with Gasteiger partial charge in [-0.05, 0) is 46.4 Å². The summed E-state index contributed by atoms with van der Waals surface area (Å²) in [4.78, 5) is 36.7. The zero-order chi connectivity index (χ0) is 19.1. The van der Waals surface area contributed by atoms with Crippen molar-refractivity contribution in [3.8, 4) is 11.1 Å². The average Bonchev–Trinajstić information content (AvgIpc) is 2.44. The molecule has 132 valence electrons. The number of nitrogens with one attached hydrogen (secondary N) is 1. The molecule has 1 aromatic heterocycles. The van der Waals surface area contributed by atoms with E-state index in [1.165, 1.54) is 0 Å². The number of aromatic carboxylic acids is 2. The molecule has 0 aliphatic rings. The van der Waals surface area contributed by atoms with Crippen molar-refractivity contribution in [1.29, 1.82) is 0 Å². The number of carboxylic acid groups (broad SMARTS) is 2. The van der Waals surface area contributed by atoms with Gasteiger partial charge in [0.1, 0.15) is 16.9 Å². The van der Waals surface area contributed by atoms with Gasteiger partial charge in [-0.25, -0.2) is 9.59 Å². The quantitative estimate of drug-likeness (QED) is 0.512. The summed E-state index contributed by atoms with van der Waals surface area (Å²) in [6.07, 6.45) is -4.75. The highest BCUT2D eigenvalue weighted by Crippen LogP contribution is 2.37. The maximum atomic E-state index is 13.0. The largest absolute Gasteiger partial charge is 0.478 e. The minimum atomic E-state index is -4.75. The summed E-state index contributed by atoms with van der Waals surface area (Å²) in [5.41, 5.74) is 0.232. The average molecular weight is 468 g/mol. The lowest BCUT2D eigenvalue weighted by atomic mass is 9.94. The normalized spacial score (nSPS) is 11.4. The second kappa shape index (κ2) is 6.38. The highest BCUT2D eigenvalue weighted by atomic mass is 127. The van der Waals surface area contributed by atoms with Gasteiger partial charge in [0.2, 0.25) is 0 Å². The highest BCUT2D eigenvalue weighted by molar-refractivity contribution is 14.1. The minimum absolute atomic E-state index is 0.112. The van der Waals surface area contributed by atoms with E-state index in [9.17, 15) is 37.8 Å². The third kappa shape index (κ3) is 3.45. The topological polar surface area (TPSA) is 133 Å². The van der Waals surface area contributed by atoms with Gasteiger partial charge in [0.15, 0.2) is 0 Å². The zero-order valence-electron chi connectivity index (χ0n) is 11.9. The van der Waals surface area contributed by atoms with Crippen LogP contribution >= 0.6 is 22.6 Å². The number of halogens is 4. The van der Waals surface area contributed by atoms with Crippen molar-refractivity contribution in [3.05, 3.63) is 48.8 Å². The van der Waals surface area contributed by atoms with Crippen LogP contribution in [0.3, 0.4) is 0 Å². The lowest BCUT2D eigenvalue weighted by molar-refractivity contribution is -0.137. The number of pyridine rings is 1. The Morgan fingerprint density at radius 3 is 2.16 bits per heavy atom. The Morgan fingerprint density at radius 1 is 1.12 bits per heavy atom. The standard InChI is InChI=1S/C14H8F3IN2O5/c15-14(16,17)4-1-2-6(18)5(3-4)7-8(12(22)23)10(19)20-11(21)9(7)13(24)25/h1-3H,(H,22,23)(H,24,25)(H3,19,20,21). The number of anilines is 1. The van der Waals surface area contributed by atoms with Crippen LogP contribution in [0.4, 0.5) is 19.0 Å². The molecule has 1 aromatic carbocycles. The fourth-order valence-electron chi connectivity index (χ4n) is 2.21. The Balaban J connectivity index is 3.03. The molecule has 0 atom stereocenters. The molecule has 0 fully saturated rings. The Bertz CT molecular complexity index is 953. The summed E-state index contributed by atoms with van der Waals surface area (Å²) in [5, 5.41) is 18.6. The van der Waals surface area contributed by atoms with E-state index in [-0.39, 0.29) is 9.13 Å². The highest BCUT2D eigenvalue weighted by Gasteiger charge is 2.33. The molecular weight excluding hydrogens is 460 g/mol. The molecule has 11 heteroatoms. The number of hydrogen-bond donors (Lipinski definition) is 4. The first-order chi connectivity index (χ1) is 11.4. The van der Waals surface area contributed by atoms with Gasteiger partial charge in [0.25, 0.3) is 5.56 Å². The first-order valence-electron chi connectivity index (χ1n) is 6.34. The molecule has 25 heavy (non-hydrogen) atoms. The van der Waals surface area contributed by atoms with Gasteiger partial charge in [-0.3, -0.25) is 4.79 Å². The zero-order valence-corrected chi connectivity index (χ0v) is 14.1. The molecule has 0 saturated carbocycles. The van der Waals surface area contributed by atoms with Gasteiger partial charge in [-0.2, -0.15) is 13.2 Å². The van der Waals surface area contributed by atoms with Crippen molar-refractivity contribution < 1.29 is 33.0 Å². The van der Waals surface area contributed by atoms with E-state index in [4.69, 9.17) is 5.73 Å². The Labute approximate surface area is 150 Å². The van der Waals surface area contributed by atoms with Crippen LogP contribution in [0.1, 0.15) is 26.3 Å². The second-order valence-electron chi connectivity index (χ2n) is 4.80. The van der Waals surface area contributed by atoms with Crippen molar-refractivity contribution in [3.63, 3.8) is 0 Å². The maximum absolute atomic E-state index is 13.0. The number of H-pyrrole nitrogens is 1. The minimum Gasteiger partial charge on any atom is -0.478 e. The number of carboxylic acids is 2. The molecule has 0 aliphatic carbocycles. The monoisotopic (exact) mass is 468 g/mol. The molecule has 0 spiro atoms. The third-order valence-electron chi connectivity index (χ3n) is 3.24. The number of benzene rings is 1. The van der Waals surface area contributed by atoms with Gasteiger partial charge in [0, 0.05) is 9.13 Å². The first kappa shape index (κ1) is 18.8. The third-order valence-corrected chi connectivity index (χ3v) is 4.18. The number of carbonyl (C=O) groups is 2. The van der Waals surface area contributed by atoms with Gasteiger partial charge in [-0.15, -0.1) is 0 Å². The molecule has 5 N–H and O–H groups in total. The number of nitrogen functional groups attached to an aromatic ring is 1. The molecule has 0 amide bonds. The number of aromatic amines is 1. The van der Waals surface area contributed by atoms with Gasteiger partial charge < -0.3 is 20.9 Å². The Hall–Kier alpha value is -2.57. The molecular formula is C14H8F3IN2O5. The summed E-state index contributed by atoms with van der Waals surface area (Å²) in [7, 11) is 0. The number of nitrogens with two attached hydrogens (primary N) is 1. The molecule has 1 heterocycles. The smallest absolute Gasteiger partial charge is 0.416 e. The van der Waals surface area contributed by atoms with E-state index in [1.54, 1.807) is 22.6 Å². The number of aromatic nitrogens is 1. The lowest BCUT2D eigenvalue weighted by Crippen LogP contribution is -2.24. The Morgan fingerprint density at radius 2 is 1.68 bits per heavy atom. The van der Waals surface area contributed by atoms with Crippen LogP contribution < -0.4 is 11.3 Å². The van der Waals surface area contributed by atoms with Crippen LogP contribution in [0.2, 0.25) is 0 Å². The number of rotatable bonds is 3. The second-order valence-corrected chi connectivity index (χ2v) is 5.96. The van der Waals surface area contributed by atoms with E-state index in [0.717, 1.165) is 12.1 Å². The predicted octanol–water partition coefficient (Wildman–Crippen LogP) is 2.64. The van der Waals surface area contributed by atoms with Crippen molar-refractivity contribution >= 4 is 40.3 Å². The van der Waals surface area contributed by atoms with E-state index in [2.05, 4.69) is 0 Å². The Kier molecular flexibility index (Phi) is 4.79. The fraction of sp³-hybridized carbons (Fsp3) is 0.0714. The van der Waals surface area contributed by atoms with Crippen LogP contribution in [0.5, 0.6) is 0 Å². The number of alkyl halides is 3. The SMILES string of the molecule is Nc1[nH]c(=O)c(C(=O)O)c(-c2cc(C(F)(F)F)ccc2I)c1C(=O)O. The van der Waals surface area contributed by atoms with Gasteiger partial charge in [-0.1, -0.05) is 0 Å². The van der Waals surface area contributed by atoms with Crippen molar-refractivity contribution in [2.24, 2.45) is 0 Å². The molecule has 0 saturated heterocycles. The van der Waals surface area contributed by atoms with E-state index >= 15 is 0 Å². The summed E-state index contributed by atoms with van der Waals surface area (Å²) < 4.78 is 39.0. The molecule has 2 aromatic rings. The molecule has 0 aliphatic heterocycles. The first-order valence-corrected chi connectivity index (χ1v) is 7.42. The van der Waals surface area contributed by atoms with Gasteiger partial charge in [0.05, 0.1) is 5.56 Å². The lowest BCUT2D eigenvalue weighted by Gasteiger charge is -2.15. The van der Waals surface area contributed by atoms with E-state index in [1.807, 2.05) is 4.98 Å². The van der Waals surface area contributed by atoms with E-state index in [0.29, 0.717) is 6.07 Å². The van der Waals surface area contributed by atoms with Crippen LogP contribution in [0.15, 0.2) is 23.0 Å². The summed E-state index contributed by atoms with van der Waals surface area (Å²) in [6.45, 7) is 0. The van der Waals surface area contributed by atoms with Crippen molar-refractivity contribution in [2.75, 3.05) is 5.73 Å². The molecule has 0 unspecified atom stereocenters. The summed E-state index contributed by atoms with van der Waals surface area (Å²) >= 11 is 1.61. The molecule has 2 rings (SSSR count). The maximum Gasteiger partial charge on any atom is 0.416 e. The summed E-state index contributed by atoms with van der Waals surface area (Å²) in [5.74, 6) is -4.16. The summed E-state index contributed by atoms with van der Waals surface area (Å²) in [6, 6.07) is 2.37. The van der Waals surface area contributed by atoms with Crippen LogP contribution in [-0.4, -0.2) is 27.1 Å². The molecule has 0 bridgehead atoms. The van der Waals surface area contributed by atoms with E-state index < -0.39 is 51.7 Å². The number of hydrogen-bond acceptors (Lipinski definition) is 4. The van der Waals surface area contributed by atoms with Crippen molar-refractivity contribution in [2.45, 2.75) is 6.18 Å². The van der Waals surface area contributed by atoms with Crippen LogP contribution in [-0.2, 0) is 6.18 Å². The predicted molar refractivity (Wildman–Crippen MR) is 88.5 cm³/mol.